The summed E-state index contributed by atoms with van der Waals surface area (Å²) in [7, 11) is 2.25. The molecule has 102 valence electrons. The Hall–Kier alpha value is -0.120. The molecule has 0 radical (unpaired) electrons. The van der Waals surface area contributed by atoms with Crippen molar-refractivity contribution in [2.24, 2.45) is 11.7 Å². The maximum absolute atomic E-state index is 5.83. The fraction of sp³-hybridized carbons (Fsp3) is 1.00. The van der Waals surface area contributed by atoms with Crippen molar-refractivity contribution in [2.45, 2.75) is 45.6 Å². The van der Waals surface area contributed by atoms with E-state index in [2.05, 4.69) is 30.7 Å². The summed E-state index contributed by atoms with van der Waals surface area (Å²) in [5.41, 5.74) is 5.83. The number of hydrogen-bond acceptors (Lipinski definition) is 3. The molecule has 3 heteroatoms. The summed E-state index contributed by atoms with van der Waals surface area (Å²) in [4.78, 5) is 5.11. The fourth-order valence-corrected chi connectivity index (χ4v) is 3.09. The first-order valence-electron chi connectivity index (χ1n) is 7.33. The summed E-state index contributed by atoms with van der Waals surface area (Å²) < 4.78 is 0. The van der Waals surface area contributed by atoms with Gasteiger partial charge in [-0.2, -0.15) is 0 Å². The molecule has 0 amide bonds. The van der Waals surface area contributed by atoms with Crippen LogP contribution in [0.3, 0.4) is 0 Å². The Morgan fingerprint density at radius 1 is 1.41 bits per heavy atom. The molecule has 0 aromatic carbocycles. The van der Waals surface area contributed by atoms with E-state index in [-0.39, 0.29) is 0 Å². The van der Waals surface area contributed by atoms with Crippen LogP contribution in [-0.4, -0.2) is 55.6 Å². The summed E-state index contributed by atoms with van der Waals surface area (Å²) in [5, 5.41) is 0. The maximum atomic E-state index is 5.83. The molecular formula is C14H31N3. The van der Waals surface area contributed by atoms with Crippen LogP contribution in [0.2, 0.25) is 0 Å². The van der Waals surface area contributed by atoms with Crippen LogP contribution in [-0.2, 0) is 0 Å². The van der Waals surface area contributed by atoms with Gasteiger partial charge >= 0.3 is 0 Å². The zero-order chi connectivity index (χ0) is 12.7. The number of likely N-dealkylation sites (tertiary alicyclic amines) is 1. The van der Waals surface area contributed by atoms with Crippen molar-refractivity contribution in [3.63, 3.8) is 0 Å². The van der Waals surface area contributed by atoms with Crippen LogP contribution in [0.5, 0.6) is 0 Å². The van der Waals surface area contributed by atoms with Crippen molar-refractivity contribution in [1.29, 1.82) is 0 Å². The summed E-state index contributed by atoms with van der Waals surface area (Å²) >= 11 is 0. The number of rotatable bonds is 8. The first-order chi connectivity index (χ1) is 8.21. The van der Waals surface area contributed by atoms with Gasteiger partial charge in [-0.1, -0.05) is 20.3 Å². The molecule has 2 unspecified atom stereocenters. The third-order valence-corrected chi connectivity index (χ3v) is 4.03. The third kappa shape index (κ3) is 4.94. The van der Waals surface area contributed by atoms with Crippen LogP contribution in [0.15, 0.2) is 0 Å². The van der Waals surface area contributed by atoms with E-state index < -0.39 is 0 Å². The SMILES string of the molecule is CCCC(CN)CN(C)CC1CCCN1CC. The lowest BCUT2D eigenvalue weighted by Crippen LogP contribution is -2.41. The Labute approximate surface area is 107 Å². The second-order valence-corrected chi connectivity index (χ2v) is 5.54. The van der Waals surface area contributed by atoms with Crippen molar-refractivity contribution in [3.8, 4) is 0 Å². The molecular weight excluding hydrogens is 210 g/mol. The average molecular weight is 241 g/mol. The van der Waals surface area contributed by atoms with E-state index in [9.17, 15) is 0 Å². The van der Waals surface area contributed by atoms with E-state index >= 15 is 0 Å². The van der Waals surface area contributed by atoms with E-state index in [1.807, 2.05) is 0 Å². The molecule has 0 aromatic rings. The van der Waals surface area contributed by atoms with Crippen LogP contribution in [0.25, 0.3) is 0 Å². The van der Waals surface area contributed by atoms with Crippen molar-refractivity contribution in [3.05, 3.63) is 0 Å². The van der Waals surface area contributed by atoms with Gasteiger partial charge in [-0.3, -0.25) is 4.90 Å². The first-order valence-corrected chi connectivity index (χ1v) is 7.33. The zero-order valence-electron chi connectivity index (χ0n) is 12.0. The molecule has 0 bridgehead atoms. The Kier molecular flexibility index (Phi) is 7.09. The molecule has 1 fully saturated rings. The molecule has 0 saturated carbocycles. The Balaban J connectivity index is 2.29. The van der Waals surface area contributed by atoms with Gasteiger partial charge in [0.2, 0.25) is 0 Å². The van der Waals surface area contributed by atoms with E-state index in [0.29, 0.717) is 5.92 Å². The molecule has 17 heavy (non-hydrogen) atoms. The second kappa shape index (κ2) is 8.06. The van der Waals surface area contributed by atoms with E-state index in [0.717, 1.165) is 12.6 Å². The minimum atomic E-state index is 0.682. The lowest BCUT2D eigenvalue weighted by atomic mass is 10.0. The quantitative estimate of drug-likeness (QED) is 0.703. The van der Waals surface area contributed by atoms with Crippen LogP contribution in [0, 0.1) is 5.92 Å². The minimum absolute atomic E-state index is 0.682. The highest BCUT2D eigenvalue weighted by Gasteiger charge is 2.24. The normalized spacial score (nSPS) is 23.5. The summed E-state index contributed by atoms with van der Waals surface area (Å²) in [6.45, 7) is 10.2. The molecule has 2 atom stereocenters. The van der Waals surface area contributed by atoms with Crippen molar-refractivity contribution >= 4 is 0 Å². The summed E-state index contributed by atoms with van der Waals surface area (Å²) in [5.74, 6) is 0.682. The van der Waals surface area contributed by atoms with Crippen LogP contribution in [0.1, 0.15) is 39.5 Å². The smallest absolute Gasteiger partial charge is 0.0223 e. The lowest BCUT2D eigenvalue weighted by molar-refractivity contribution is 0.181. The average Bonchev–Trinajstić information content (AvgIpc) is 2.75. The fourth-order valence-electron chi connectivity index (χ4n) is 3.09. The molecule has 1 saturated heterocycles. The van der Waals surface area contributed by atoms with Crippen molar-refractivity contribution < 1.29 is 0 Å². The van der Waals surface area contributed by atoms with E-state index in [1.165, 1.54) is 51.9 Å². The number of nitrogens with zero attached hydrogens (tertiary/aromatic N) is 2. The van der Waals surface area contributed by atoms with Gasteiger partial charge in [-0.15, -0.1) is 0 Å². The standard InChI is InChI=1S/C14H31N3/c1-4-7-13(10-15)11-16(3)12-14-8-6-9-17(14)5-2/h13-14H,4-12,15H2,1-3H3. The molecule has 3 nitrogen and oxygen atoms in total. The molecule has 2 N–H and O–H groups in total. The Morgan fingerprint density at radius 2 is 2.18 bits per heavy atom. The number of hydrogen-bond donors (Lipinski definition) is 1. The molecule has 1 aliphatic rings. The highest BCUT2D eigenvalue weighted by atomic mass is 15.2. The predicted octanol–water partition coefficient (Wildman–Crippen LogP) is 1.78. The molecule has 1 aliphatic heterocycles. The minimum Gasteiger partial charge on any atom is -0.330 e. The van der Waals surface area contributed by atoms with Crippen molar-refractivity contribution in [1.82, 2.24) is 9.80 Å². The highest BCUT2D eigenvalue weighted by molar-refractivity contribution is 4.81. The van der Waals surface area contributed by atoms with Gasteiger partial charge in [0.15, 0.2) is 0 Å². The molecule has 1 rings (SSSR count). The van der Waals surface area contributed by atoms with Crippen LogP contribution < -0.4 is 5.73 Å². The largest absolute Gasteiger partial charge is 0.330 e. The molecule has 0 aliphatic carbocycles. The molecule has 0 spiro atoms. The van der Waals surface area contributed by atoms with E-state index in [1.54, 1.807) is 0 Å². The Bertz CT molecular complexity index is 196. The number of nitrogens with two attached hydrogens (primary N) is 1. The Morgan fingerprint density at radius 3 is 2.76 bits per heavy atom. The lowest BCUT2D eigenvalue weighted by Gasteiger charge is -2.29. The van der Waals surface area contributed by atoms with Gasteiger partial charge < -0.3 is 10.6 Å². The van der Waals surface area contributed by atoms with Crippen molar-refractivity contribution in [2.75, 3.05) is 39.8 Å². The van der Waals surface area contributed by atoms with Crippen LogP contribution in [0.4, 0.5) is 0 Å². The summed E-state index contributed by atoms with van der Waals surface area (Å²) in [6.07, 6.45) is 5.27. The molecule has 1 heterocycles. The van der Waals surface area contributed by atoms with Gasteiger partial charge in [-0.25, -0.2) is 0 Å². The number of likely N-dealkylation sites (N-methyl/N-ethyl adjacent to an activating group) is 2. The third-order valence-electron chi connectivity index (χ3n) is 4.03. The van der Waals surface area contributed by atoms with E-state index in [4.69, 9.17) is 5.73 Å². The van der Waals surface area contributed by atoms with Gasteiger partial charge in [0.25, 0.3) is 0 Å². The second-order valence-electron chi connectivity index (χ2n) is 5.54. The maximum Gasteiger partial charge on any atom is 0.0223 e. The van der Waals surface area contributed by atoms with Gasteiger partial charge in [-0.05, 0) is 51.9 Å². The molecule has 0 aromatic heterocycles. The van der Waals surface area contributed by atoms with Gasteiger partial charge in [0.05, 0.1) is 0 Å². The monoisotopic (exact) mass is 241 g/mol. The van der Waals surface area contributed by atoms with Gasteiger partial charge in [0, 0.05) is 19.1 Å². The highest BCUT2D eigenvalue weighted by Crippen LogP contribution is 2.18. The zero-order valence-corrected chi connectivity index (χ0v) is 12.0. The van der Waals surface area contributed by atoms with Crippen LogP contribution >= 0.6 is 0 Å². The topological polar surface area (TPSA) is 32.5 Å². The predicted molar refractivity (Wildman–Crippen MR) is 75.2 cm³/mol. The summed E-state index contributed by atoms with van der Waals surface area (Å²) in [6, 6.07) is 0.782. The first kappa shape index (κ1) is 14.9. The van der Waals surface area contributed by atoms with Gasteiger partial charge in [0.1, 0.15) is 0 Å².